The lowest BCUT2D eigenvalue weighted by molar-refractivity contribution is -0.149. The summed E-state index contributed by atoms with van der Waals surface area (Å²) in [5.74, 6) is -0.876. The molecule has 2 aliphatic rings. The molecule has 1 N–H and O–H groups in total. The molecule has 2 nitrogen and oxygen atoms in total. The van der Waals surface area contributed by atoms with Crippen molar-refractivity contribution in [2.75, 3.05) is 0 Å². The first kappa shape index (κ1) is 17.3. The Labute approximate surface area is 135 Å². The van der Waals surface area contributed by atoms with Gasteiger partial charge in [-0.1, -0.05) is 51.0 Å². The van der Waals surface area contributed by atoms with Gasteiger partial charge in [0.05, 0.1) is 5.92 Å². The van der Waals surface area contributed by atoms with Crippen molar-refractivity contribution in [2.24, 2.45) is 22.2 Å². The molecular weight excluding hydrogens is 280 g/mol. The fourth-order valence-corrected chi connectivity index (χ4v) is 5.16. The first-order chi connectivity index (χ1) is 10.1. The second kappa shape index (κ2) is 5.54. The normalized spacial score (nSPS) is 42.0. The van der Waals surface area contributed by atoms with Gasteiger partial charge in [-0.2, -0.15) is 0 Å². The van der Waals surface area contributed by atoms with E-state index < -0.39 is 5.97 Å². The molecular formula is C20H32O2. The molecule has 124 valence electrons. The molecule has 0 aromatic heterocycles. The van der Waals surface area contributed by atoms with Crippen LogP contribution < -0.4 is 0 Å². The van der Waals surface area contributed by atoms with E-state index in [2.05, 4.69) is 53.7 Å². The molecule has 1 unspecified atom stereocenters. The highest BCUT2D eigenvalue weighted by atomic mass is 16.5. The maximum absolute atomic E-state index is 12.0. The van der Waals surface area contributed by atoms with Crippen molar-refractivity contribution in [3.8, 4) is 0 Å². The number of fused-ring (bicyclic) bond motifs is 1. The number of carboxylic acids is 1. The average Bonchev–Trinajstić information content (AvgIpc) is 2.61. The van der Waals surface area contributed by atoms with E-state index in [1.807, 2.05) is 0 Å². The largest absolute Gasteiger partial charge is 0.481 e. The summed E-state index contributed by atoms with van der Waals surface area (Å²) in [6, 6.07) is 0. The molecule has 0 radical (unpaired) electrons. The van der Waals surface area contributed by atoms with Gasteiger partial charge in [-0.3, -0.25) is 4.79 Å². The Balaban J connectivity index is 2.48. The fourth-order valence-electron chi connectivity index (χ4n) is 5.16. The summed E-state index contributed by atoms with van der Waals surface area (Å²) in [5.41, 5.74) is 2.67. The Morgan fingerprint density at radius 3 is 2.50 bits per heavy atom. The summed E-state index contributed by atoms with van der Waals surface area (Å²) in [6.07, 6.45) is 9.50. The second-order valence-corrected chi connectivity index (χ2v) is 8.61. The zero-order chi connectivity index (χ0) is 16.8. The van der Waals surface area contributed by atoms with Crippen LogP contribution in [-0.4, -0.2) is 11.1 Å². The number of hydrogen-bond acceptors (Lipinski definition) is 1. The van der Waals surface area contributed by atoms with Crippen LogP contribution in [0.5, 0.6) is 0 Å². The molecule has 2 rings (SSSR count). The van der Waals surface area contributed by atoms with Crippen LogP contribution in [0.1, 0.15) is 73.6 Å². The van der Waals surface area contributed by atoms with Crippen molar-refractivity contribution < 1.29 is 9.90 Å². The van der Waals surface area contributed by atoms with E-state index in [9.17, 15) is 9.90 Å². The maximum Gasteiger partial charge on any atom is 0.307 e. The smallest absolute Gasteiger partial charge is 0.307 e. The lowest BCUT2D eigenvalue weighted by atomic mass is 9.58. The van der Waals surface area contributed by atoms with Crippen molar-refractivity contribution in [3.05, 3.63) is 23.3 Å². The van der Waals surface area contributed by atoms with Crippen LogP contribution in [-0.2, 0) is 4.79 Å². The molecule has 0 aromatic rings. The second-order valence-electron chi connectivity index (χ2n) is 8.61. The summed E-state index contributed by atoms with van der Waals surface area (Å²) in [5, 5.41) is 9.85. The van der Waals surface area contributed by atoms with Crippen molar-refractivity contribution in [3.63, 3.8) is 0 Å². The molecule has 4 atom stereocenters. The van der Waals surface area contributed by atoms with E-state index in [4.69, 9.17) is 0 Å². The quantitative estimate of drug-likeness (QED) is 0.542. The highest BCUT2D eigenvalue weighted by Gasteiger charge is 2.64. The molecule has 22 heavy (non-hydrogen) atoms. The Bertz CT molecular complexity index is 522. The number of carboxylic acid groups (broad SMARTS) is 1. The molecule has 0 saturated heterocycles. The van der Waals surface area contributed by atoms with Gasteiger partial charge in [-0.25, -0.2) is 0 Å². The van der Waals surface area contributed by atoms with E-state index >= 15 is 0 Å². The summed E-state index contributed by atoms with van der Waals surface area (Å²) in [4.78, 5) is 12.0. The van der Waals surface area contributed by atoms with Crippen LogP contribution in [0.2, 0.25) is 0 Å². The molecule has 0 aromatic carbocycles. The molecule has 2 heteroatoms. The Morgan fingerprint density at radius 1 is 1.32 bits per heavy atom. The van der Waals surface area contributed by atoms with Crippen molar-refractivity contribution in [1.82, 2.24) is 0 Å². The summed E-state index contributed by atoms with van der Waals surface area (Å²) in [6.45, 7) is 13.5. The number of hydrogen-bond donors (Lipinski definition) is 1. The molecule has 1 saturated carbocycles. The first-order valence-corrected chi connectivity index (χ1v) is 8.62. The number of allylic oxidation sites excluding steroid dienone is 4. The van der Waals surface area contributed by atoms with Crippen molar-refractivity contribution >= 4 is 5.97 Å². The Morgan fingerprint density at radius 2 is 1.95 bits per heavy atom. The predicted molar refractivity (Wildman–Crippen MR) is 91.7 cm³/mol. The van der Waals surface area contributed by atoms with Gasteiger partial charge in [0.15, 0.2) is 0 Å². The van der Waals surface area contributed by atoms with Crippen molar-refractivity contribution in [1.29, 1.82) is 0 Å². The van der Waals surface area contributed by atoms with Gasteiger partial charge in [0, 0.05) is 0 Å². The average molecular weight is 312 g/mol. The van der Waals surface area contributed by atoms with Gasteiger partial charge >= 0.3 is 5.97 Å². The van der Waals surface area contributed by atoms with E-state index in [0.29, 0.717) is 0 Å². The van der Waals surface area contributed by atoms with Gasteiger partial charge in [-0.05, 0) is 62.2 Å². The van der Waals surface area contributed by atoms with Gasteiger partial charge < -0.3 is 5.11 Å². The molecule has 0 heterocycles. The van der Waals surface area contributed by atoms with E-state index in [1.165, 1.54) is 11.1 Å². The minimum atomic E-state index is -0.618. The molecule has 0 bridgehead atoms. The lowest BCUT2D eigenvalue weighted by Crippen LogP contribution is -2.50. The topological polar surface area (TPSA) is 37.3 Å². The predicted octanol–water partition coefficient (Wildman–Crippen LogP) is 5.60. The zero-order valence-electron chi connectivity index (χ0n) is 15.1. The SMILES string of the molecule is C/C([13CH3])=C\[13CH2]C[C@]1([13CH3])[C@@H]([13C](=O)O)[13CH2]C2=C[13CH2]CC(C)([13CH3])[C@@]21[13CH3]. The lowest BCUT2D eigenvalue weighted by Gasteiger charge is -2.55. The van der Waals surface area contributed by atoms with Crippen LogP contribution in [0.3, 0.4) is 0 Å². The standard InChI is InChI=1S/C20H32O2/c1-14(2)9-7-12-19(5)16(17(21)22)13-15-10-8-11-18(3,4)20(15,19)6/h9-10,16H,7-8,11-13H2,1-6H3,(H,21,22)/t16-,19-,20-/m1/s1/i1+1,3+1,5+1,6+1,7+1,8+1,13+1,17+1/b14-9-/t16-,18?,19-,20-. The van der Waals surface area contributed by atoms with Gasteiger partial charge in [0.25, 0.3) is 0 Å². The summed E-state index contributed by atoms with van der Waals surface area (Å²) in [7, 11) is 0. The maximum atomic E-state index is 12.0. The van der Waals surface area contributed by atoms with Gasteiger partial charge in [0.2, 0.25) is 0 Å². The van der Waals surface area contributed by atoms with Crippen molar-refractivity contribution in [2.45, 2.75) is 73.6 Å². The summed E-state index contributed by atoms with van der Waals surface area (Å²) >= 11 is 0. The number of rotatable bonds is 4. The van der Waals surface area contributed by atoms with Crippen LogP contribution >= 0.6 is 0 Å². The first-order valence-electron chi connectivity index (χ1n) is 8.62. The Kier molecular flexibility index (Phi) is 4.36. The Hall–Kier alpha value is -1.05. The third-order valence-electron chi connectivity index (χ3n) is 7.01. The number of aliphatic carboxylic acids is 1. The minimum Gasteiger partial charge on any atom is -0.481 e. The number of carbonyl (C=O) groups is 1. The third-order valence-corrected chi connectivity index (χ3v) is 7.01. The minimum absolute atomic E-state index is 0.0171. The highest BCUT2D eigenvalue weighted by molar-refractivity contribution is 5.73. The monoisotopic (exact) mass is 312 g/mol. The molecule has 1 fully saturated rings. The van der Waals surface area contributed by atoms with E-state index in [0.717, 1.165) is 32.1 Å². The van der Waals surface area contributed by atoms with Gasteiger partial charge in [0.1, 0.15) is 0 Å². The zero-order valence-corrected chi connectivity index (χ0v) is 15.1. The molecule has 0 amide bonds. The van der Waals surface area contributed by atoms with Crippen LogP contribution in [0.15, 0.2) is 23.3 Å². The molecule has 2 aliphatic carbocycles. The molecule has 0 aliphatic heterocycles. The van der Waals surface area contributed by atoms with E-state index in [1.54, 1.807) is 0 Å². The third kappa shape index (κ3) is 2.35. The highest BCUT2D eigenvalue weighted by Crippen LogP contribution is 2.70. The summed E-state index contributed by atoms with van der Waals surface area (Å²) < 4.78 is 0. The fraction of sp³-hybridized carbons (Fsp3) is 0.750. The van der Waals surface area contributed by atoms with Crippen LogP contribution in [0.25, 0.3) is 0 Å². The van der Waals surface area contributed by atoms with E-state index in [-0.39, 0.29) is 22.2 Å². The van der Waals surface area contributed by atoms with Crippen LogP contribution in [0, 0.1) is 22.2 Å². The van der Waals surface area contributed by atoms with Gasteiger partial charge in [-0.15, -0.1) is 0 Å². The molecule has 0 spiro atoms. The van der Waals surface area contributed by atoms with Crippen LogP contribution in [0.4, 0.5) is 0 Å².